The minimum atomic E-state index is -0.134. The Hall–Kier alpha value is -1.51. The number of carbonyl (C=O) groups is 1. The van der Waals surface area contributed by atoms with Crippen molar-refractivity contribution < 1.29 is 9.53 Å². The fraction of sp³-hybridized carbons (Fsp3) is 0.462. The molecule has 0 aliphatic carbocycles. The molecule has 0 atom stereocenters. The number of esters is 1. The van der Waals surface area contributed by atoms with Crippen molar-refractivity contribution in [2.45, 2.75) is 19.3 Å². The Labute approximate surface area is 97.0 Å². The van der Waals surface area contributed by atoms with Crippen molar-refractivity contribution in [2.24, 2.45) is 0 Å². The monoisotopic (exact) mass is 221 g/mol. The molecule has 0 aliphatic heterocycles. The Kier molecular flexibility index (Phi) is 4.83. The number of carbonyl (C=O) groups excluding carboxylic acids is 1. The highest BCUT2D eigenvalue weighted by Gasteiger charge is 2.01. The molecule has 0 spiro atoms. The van der Waals surface area contributed by atoms with Crippen LogP contribution in [0.15, 0.2) is 24.3 Å². The summed E-state index contributed by atoms with van der Waals surface area (Å²) in [5.41, 5.74) is 2.45. The molecule has 0 unspecified atom stereocenters. The number of ether oxygens (including phenoxy) is 1. The summed E-state index contributed by atoms with van der Waals surface area (Å²) in [7, 11) is 5.47. The third-order valence-electron chi connectivity index (χ3n) is 2.53. The molecule has 0 N–H and O–H groups in total. The first-order chi connectivity index (χ1) is 7.63. The van der Waals surface area contributed by atoms with Crippen molar-refractivity contribution in [3.63, 3.8) is 0 Å². The summed E-state index contributed by atoms with van der Waals surface area (Å²) in [4.78, 5) is 13.0. The molecule has 0 bridgehead atoms. The fourth-order valence-electron chi connectivity index (χ4n) is 1.50. The zero-order chi connectivity index (χ0) is 12.0. The first kappa shape index (κ1) is 12.6. The third-order valence-corrected chi connectivity index (χ3v) is 2.53. The molecule has 0 saturated heterocycles. The first-order valence-corrected chi connectivity index (χ1v) is 5.46. The van der Waals surface area contributed by atoms with Gasteiger partial charge < -0.3 is 9.64 Å². The van der Waals surface area contributed by atoms with Crippen LogP contribution in [0.1, 0.15) is 18.4 Å². The number of nitrogens with zero attached hydrogens (tertiary/aromatic N) is 1. The van der Waals surface area contributed by atoms with Gasteiger partial charge in [0.15, 0.2) is 0 Å². The van der Waals surface area contributed by atoms with Gasteiger partial charge in [0.1, 0.15) is 0 Å². The van der Waals surface area contributed by atoms with E-state index in [4.69, 9.17) is 0 Å². The van der Waals surface area contributed by atoms with E-state index >= 15 is 0 Å². The summed E-state index contributed by atoms with van der Waals surface area (Å²) in [6.07, 6.45) is 2.25. The van der Waals surface area contributed by atoms with Crippen LogP contribution >= 0.6 is 0 Å². The zero-order valence-corrected chi connectivity index (χ0v) is 10.2. The molecule has 0 radical (unpaired) electrons. The molecule has 1 rings (SSSR count). The zero-order valence-electron chi connectivity index (χ0n) is 10.2. The molecule has 1 aromatic carbocycles. The van der Waals surface area contributed by atoms with Gasteiger partial charge in [-0.05, 0) is 30.5 Å². The van der Waals surface area contributed by atoms with E-state index in [9.17, 15) is 4.79 Å². The van der Waals surface area contributed by atoms with Crippen LogP contribution in [-0.2, 0) is 16.0 Å². The van der Waals surface area contributed by atoms with Crippen molar-refractivity contribution >= 4 is 11.7 Å². The van der Waals surface area contributed by atoms with Crippen LogP contribution in [0.2, 0.25) is 0 Å². The normalized spacial score (nSPS) is 9.94. The van der Waals surface area contributed by atoms with Crippen LogP contribution in [0.4, 0.5) is 5.69 Å². The summed E-state index contributed by atoms with van der Waals surface area (Å²) in [5, 5.41) is 0. The molecule has 3 nitrogen and oxygen atoms in total. The fourth-order valence-corrected chi connectivity index (χ4v) is 1.50. The summed E-state index contributed by atoms with van der Waals surface area (Å²) in [6, 6.07) is 8.39. The Morgan fingerprint density at radius 2 is 1.88 bits per heavy atom. The maximum atomic E-state index is 10.9. The summed E-state index contributed by atoms with van der Waals surface area (Å²) < 4.78 is 4.59. The van der Waals surface area contributed by atoms with E-state index in [0.29, 0.717) is 6.42 Å². The molecule has 0 fully saturated rings. The summed E-state index contributed by atoms with van der Waals surface area (Å²) in [6.45, 7) is 0. The molecule has 0 aromatic heterocycles. The number of benzene rings is 1. The molecule has 0 amide bonds. The first-order valence-electron chi connectivity index (χ1n) is 5.46. The van der Waals surface area contributed by atoms with Crippen LogP contribution in [0.5, 0.6) is 0 Å². The van der Waals surface area contributed by atoms with Gasteiger partial charge in [0, 0.05) is 26.2 Å². The number of methoxy groups -OCH3 is 1. The summed E-state index contributed by atoms with van der Waals surface area (Å²) >= 11 is 0. The van der Waals surface area contributed by atoms with Gasteiger partial charge in [-0.2, -0.15) is 0 Å². The van der Waals surface area contributed by atoms with E-state index in [-0.39, 0.29) is 5.97 Å². The van der Waals surface area contributed by atoms with E-state index in [2.05, 4.69) is 33.9 Å². The lowest BCUT2D eigenvalue weighted by molar-refractivity contribution is -0.140. The largest absolute Gasteiger partial charge is 0.469 e. The topological polar surface area (TPSA) is 29.5 Å². The van der Waals surface area contributed by atoms with Gasteiger partial charge >= 0.3 is 5.97 Å². The third kappa shape index (κ3) is 3.93. The van der Waals surface area contributed by atoms with Crippen molar-refractivity contribution in [2.75, 3.05) is 26.1 Å². The number of anilines is 1. The van der Waals surface area contributed by atoms with Gasteiger partial charge in [-0.1, -0.05) is 12.1 Å². The van der Waals surface area contributed by atoms with Crippen molar-refractivity contribution in [1.29, 1.82) is 0 Å². The Morgan fingerprint density at radius 3 is 2.38 bits per heavy atom. The average Bonchev–Trinajstić information content (AvgIpc) is 2.29. The molecule has 3 heteroatoms. The van der Waals surface area contributed by atoms with Crippen LogP contribution in [0.25, 0.3) is 0 Å². The average molecular weight is 221 g/mol. The number of hydrogen-bond acceptors (Lipinski definition) is 3. The SMILES string of the molecule is COC(=O)CCCc1ccc(N(C)C)cc1. The number of hydrogen-bond donors (Lipinski definition) is 0. The molecule has 0 saturated carbocycles. The highest BCUT2D eigenvalue weighted by Crippen LogP contribution is 2.13. The second-order valence-corrected chi connectivity index (χ2v) is 3.99. The van der Waals surface area contributed by atoms with E-state index in [1.54, 1.807) is 0 Å². The Morgan fingerprint density at radius 1 is 1.25 bits per heavy atom. The Bertz CT molecular complexity index is 330. The van der Waals surface area contributed by atoms with Gasteiger partial charge in [-0.3, -0.25) is 4.79 Å². The highest BCUT2D eigenvalue weighted by molar-refractivity contribution is 5.69. The van der Waals surface area contributed by atoms with Crippen LogP contribution < -0.4 is 4.90 Å². The minimum Gasteiger partial charge on any atom is -0.469 e. The van der Waals surface area contributed by atoms with Gasteiger partial charge in [0.25, 0.3) is 0 Å². The predicted octanol–water partition coefficient (Wildman–Crippen LogP) is 2.25. The summed E-state index contributed by atoms with van der Waals surface area (Å²) in [5.74, 6) is -0.134. The maximum absolute atomic E-state index is 10.9. The lowest BCUT2D eigenvalue weighted by Gasteiger charge is -2.12. The quantitative estimate of drug-likeness (QED) is 0.714. The van der Waals surface area contributed by atoms with Crippen molar-refractivity contribution in [1.82, 2.24) is 0 Å². The number of rotatable bonds is 5. The highest BCUT2D eigenvalue weighted by atomic mass is 16.5. The molecule has 88 valence electrons. The van der Waals surface area contributed by atoms with Gasteiger partial charge in [0.05, 0.1) is 7.11 Å². The smallest absolute Gasteiger partial charge is 0.305 e. The predicted molar refractivity (Wildman–Crippen MR) is 65.7 cm³/mol. The molecular formula is C13H19NO2. The second kappa shape index (κ2) is 6.16. The van der Waals surface area contributed by atoms with E-state index in [1.807, 2.05) is 14.1 Å². The molecule has 0 heterocycles. The van der Waals surface area contributed by atoms with E-state index < -0.39 is 0 Å². The van der Waals surface area contributed by atoms with Gasteiger partial charge in [0.2, 0.25) is 0 Å². The standard InChI is InChI=1S/C13H19NO2/c1-14(2)12-9-7-11(8-10-12)5-4-6-13(15)16-3/h7-10H,4-6H2,1-3H3. The van der Waals surface area contributed by atoms with Crippen LogP contribution in [-0.4, -0.2) is 27.2 Å². The lowest BCUT2D eigenvalue weighted by atomic mass is 10.1. The van der Waals surface area contributed by atoms with Crippen molar-refractivity contribution in [3.05, 3.63) is 29.8 Å². The Balaban J connectivity index is 2.40. The van der Waals surface area contributed by atoms with E-state index in [1.165, 1.54) is 18.4 Å². The van der Waals surface area contributed by atoms with Crippen LogP contribution in [0, 0.1) is 0 Å². The molecule has 16 heavy (non-hydrogen) atoms. The molecule has 1 aromatic rings. The van der Waals surface area contributed by atoms with Crippen LogP contribution in [0.3, 0.4) is 0 Å². The molecular weight excluding hydrogens is 202 g/mol. The molecule has 0 aliphatic rings. The van der Waals surface area contributed by atoms with E-state index in [0.717, 1.165) is 12.8 Å². The van der Waals surface area contributed by atoms with Gasteiger partial charge in [-0.15, -0.1) is 0 Å². The second-order valence-electron chi connectivity index (χ2n) is 3.99. The minimum absolute atomic E-state index is 0.134. The van der Waals surface area contributed by atoms with Crippen molar-refractivity contribution in [3.8, 4) is 0 Å². The maximum Gasteiger partial charge on any atom is 0.305 e. The number of aryl methyl sites for hydroxylation is 1. The van der Waals surface area contributed by atoms with Gasteiger partial charge in [-0.25, -0.2) is 0 Å². The lowest BCUT2D eigenvalue weighted by Crippen LogP contribution is -2.08.